The summed E-state index contributed by atoms with van der Waals surface area (Å²) in [7, 11) is 1.98. The lowest BCUT2D eigenvalue weighted by atomic mass is 10.1. The number of carbonyl (C=O) groups is 1. The van der Waals surface area contributed by atoms with Gasteiger partial charge in [0.05, 0.1) is 6.54 Å². The fourth-order valence-corrected chi connectivity index (χ4v) is 1.67. The summed E-state index contributed by atoms with van der Waals surface area (Å²) in [5.41, 5.74) is 1.23. The Morgan fingerprint density at radius 3 is 2.59 bits per heavy atom. The molecule has 0 fully saturated rings. The van der Waals surface area contributed by atoms with Crippen molar-refractivity contribution < 1.29 is 4.79 Å². The van der Waals surface area contributed by atoms with Crippen LogP contribution in [0.25, 0.3) is 0 Å². The zero-order valence-corrected chi connectivity index (χ0v) is 10.9. The van der Waals surface area contributed by atoms with Crippen molar-refractivity contribution in [2.24, 2.45) is 0 Å². The Bertz CT molecular complexity index is 337. The van der Waals surface area contributed by atoms with E-state index in [0.29, 0.717) is 6.54 Å². The average Bonchev–Trinajstić information content (AvgIpc) is 2.36. The lowest BCUT2D eigenvalue weighted by Gasteiger charge is -2.24. The lowest BCUT2D eigenvalue weighted by molar-refractivity contribution is -0.122. The number of amides is 1. The minimum atomic E-state index is 0.0946. The summed E-state index contributed by atoms with van der Waals surface area (Å²) in [5.74, 6) is 0.0946. The third-order valence-electron chi connectivity index (χ3n) is 2.91. The Morgan fingerprint density at radius 1 is 1.35 bits per heavy atom. The Labute approximate surface area is 104 Å². The molecule has 94 valence electrons. The third kappa shape index (κ3) is 4.57. The molecule has 1 atom stereocenters. The SMILES string of the molecule is CCCNC(=O)CN(C)[C@H](C)c1ccccc1. The van der Waals surface area contributed by atoms with Gasteiger partial charge in [0.1, 0.15) is 0 Å². The number of hydrogen-bond donors (Lipinski definition) is 1. The molecule has 17 heavy (non-hydrogen) atoms. The van der Waals surface area contributed by atoms with Crippen LogP contribution in [-0.2, 0) is 4.79 Å². The highest BCUT2D eigenvalue weighted by Crippen LogP contribution is 2.17. The van der Waals surface area contributed by atoms with E-state index in [1.165, 1.54) is 5.56 Å². The Kier molecular flexibility index (Phi) is 5.70. The summed E-state index contributed by atoms with van der Waals surface area (Å²) in [6.45, 7) is 5.36. The van der Waals surface area contributed by atoms with Gasteiger partial charge in [0.25, 0.3) is 0 Å². The number of benzene rings is 1. The number of nitrogens with one attached hydrogen (secondary N) is 1. The molecule has 0 bridgehead atoms. The normalized spacial score (nSPS) is 12.5. The van der Waals surface area contributed by atoms with Gasteiger partial charge in [0, 0.05) is 12.6 Å². The Balaban J connectivity index is 2.47. The fourth-order valence-electron chi connectivity index (χ4n) is 1.67. The molecular formula is C14H22N2O. The summed E-state index contributed by atoms with van der Waals surface area (Å²) >= 11 is 0. The van der Waals surface area contributed by atoms with Crippen molar-refractivity contribution in [3.05, 3.63) is 35.9 Å². The van der Waals surface area contributed by atoms with Gasteiger partial charge in [-0.15, -0.1) is 0 Å². The Hall–Kier alpha value is -1.35. The molecule has 1 aromatic carbocycles. The van der Waals surface area contributed by atoms with Crippen molar-refractivity contribution >= 4 is 5.91 Å². The topological polar surface area (TPSA) is 32.3 Å². The second kappa shape index (κ2) is 7.07. The van der Waals surface area contributed by atoms with Gasteiger partial charge in [0.15, 0.2) is 0 Å². The minimum Gasteiger partial charge on any atom is -0.355 e. The largest absolute Gasteiger partial charge is 0.355 e. The first kappa shape index (κ1) is 13.7. The molecule has 1 N–H and O–H groups in total. The molecule has 0 aliphatic heterocycles. The van der Waals surface area contributed by atoms with Crippen LogP contribution in [0, 0.1) is 0 Å². The summed E-state index contributed by atoms with van der Waals surface area (Å²) in [6.07, 6.45) is 0.976. The van der Waals surface area contributed by atoms with Crippen LogP contribution < -0.4 is 5.32 Å². The maximum absolute atomic E-state index is 11.6. The molecule has 0 unspecified atom stereocenters. The van der Waals surface area contributed by atoms with Crippen LogP contribution in [0.3, 0.4) is 0 Å². The maximum atomic E-state index is 11.6. The van der Waals surface area contributed by atoms with Crippen LogP contribution in [0.15, 0.2) is 30.3 Å². The van der Waals surface area contributed by atoms with E-state index in [9.17, 15) is 4.79 Å². The van der Waals surface area contributed by atoms with Crippen LogP contribution in [0.1, 0.15) is 31.9 Å². The van der Waals surface area contributed by atoms with E-state index in [2.05, 4.69) is 36.2 Å². The van der Waals surface area contributed by atoms with E-state index in [4.69, 9.17) is 0 Å². The van der Waals surface area contributed by atoms with Gasteiger partial charge >= 0.3 is 0 Å². The summed E-state index contributed by atoms with van der Waals surface area (Å²) in [5, 5.41) is 2.89. The molecule has 1 amide bonds. The van der Waals surface area contributed by atoms with E-state index in [1.54, 1.807) is 0 Å². The predicted molar refractivity (Wildman–Crippen MR) is 70.8 cm³/mol. The standard InChI is InChI=1S/C14H22N2O/c1-4-10-15-14(17)11-16(3)12(2)13-8-6-5-7-9-13/h5-9,12H,4,10-11H2,1-3H3,(H,15,17)/t12-/m1/s1. The first-order valence-corrected chi connectivity index (χ1v) is 6.17. The van der Waals surface area contributed by atoms with E-state index in [0.717, 1.165) is 13.0 Å². The van der Waals surface area contributed by atoms with E-state index >= 15 is 0 Å². The van der Waals surface area contributed by atoms with Crippen LogP contribution in [0.5, 0.6) is 0 Å². The summed E-state index contributed by atoms with van der Waals surface area (Å²) in [6, 6.07) is 10.5. The number of nitrogens with zero attached hydrogens (tertiary/aromatic N) is 1. The van der Waals surface area contributed by atoms with Crippen molar-refractivity contribution in [2.45, 2.75) is 26.3 Å². The number of rotatable bonds is 6. The second-order valence-corrected chi connectivity index (χ2v) is 4.35. The number of likely N-dealkylation sites (N-methyl/N-ethyl adjacent to an activating group) is 1. The highest BCUT2D eigenvalue weighted by Gasteiger charge is 2.13. The molecule has 1 rings (SSSR count). The van der Waals surface area contributed by atoms with E-state index in [1.807, 2.05) is 25.2 Å². The molecule has 0 radical (unpaired) electrons. The van der Waals surface area contributed by atoms with Gasteiger partial charge in [0.2, 0.25) is 5.91 Å². The summed E-state index contributed by atoms with van der Waals surface area (Å²) < 4.78 is 0. The molecule has 0 spiro atoms. The van der Waals surface area contributed by atoms with Crippen LogP contribution >= 0.6 is 0 Å². The summed E-state index contributed by atoms with van der Waals surface area (Å²) in [4.78, 5) is 13.7. The second-order valence-electron chi connectivity index (χ2n) is 4.35. The fraction of sp³-hybridized carbons (Fsp3) is 0.500. The van der Waals surface area contributed by atoms with Crippen LogP contribution in [0.2, 0.25) is 0 Å². The van der Waals surface area contributed by atoms with Crippen molar-refractivity contribution in [3.63, 3.8) is 0 Å². The molecular weight excluding hydrogens is 212 g/mol. The minimum absolute atomic E-state index is 0.0946. The molecule has 0 aliphatic rings. The first-order valence-electron chi connectivity index (χ1n) is 6.17. The van der Waals surface area contributed by atoms with Crippen molar-refractivity contribution in [1.29, 1.82) is 0 Å². The number of hydrogen-bond acceptors (Lipinski definition) is 2. The molecule has 3 heteroatoms. The number of carbonyl (C=O) groups excluding carboxylic acids is 1. The van der Waals surface area contributed by atoms with Gasteiger partial charge in [-0.2, -0.15) is 0 Å². The quantitative estimate of drug-likeness (QED) is 0.818. The zero-order chi connectivity index (χ0) is 12.7. The average molecular weight is 234 g/mol. The predicted octanol–water partition coefficient (Wildman–Crippen LogP) is 2.21. The Morgan fingerprint density at radius 2 is 2.00 bits per heavy atom. The highest BCUT2D eigenvalue weighted by molar-refractivity contribution is 5.77. The molecule has 0 saturated heterocycles. The molecule has 0 heterocycles. The van der Waals surface area contributed by atoms with Crippen molar-refractivity contribution in [1.82, 2.24) is 10.2 Å². The molecule has 3 nitrogen and oxygen atoms in total. The smallest absolute Gasteiger partial charge is 0.234 e. The molecule has 0 saturated carbocycles. The van der Waals surface area contributed by atoms with Gasteiger partial charge in [-0.1, -0.05) is 37.3 Å². The monoisotopic (exact) mass is 234 g/mol. The van der Waals surface area contributed by atoms with Gasteiger partial charge in [-0.3, -0.25) is 9.69 Å². The lowest BCUT2D eigenvalue weighted by Crippen LogP contribution is -2.36. The van der Waals surface area contributed by atoms with Crippen molar-refractivity contribution in [3.8, 4) is 0 Å². The molecule has 0 aromatic heterocycles. The zero-order valence-electron chi connectivity index (χ0n) is 10.9. The molecule has 0 aliphatic carbocycles. The van der Waals surface area contributed by atoms with Gasteiger partial charge < -0.3 is 5.32 Å². The van der Waals surface area contributed by atoms with Crippen LogP contribution in [0.4, 0.5) is 0 Å². The third-order valence-corrected chi connectivity index (χ3v) is 2.91. The van der Waals surface area contributed by atoms with Gasteiger partial charge in [-0.25, -0.2) is 0 Å². The first-order chi connectivity index (χ1) is 8.15. The highest BCUT2D eigenvalue weighted by atomic mass is 16.2. The van der Waals surface area contributed by atoms with E-state index in [-0.39, 0.29) is 11.9 Å². The van der Waals surface area contributed by atoms with Crippen LogP contribution in [-0.4, -0.2) is 30.9 Å². The van der Waals surface area contributed by atoms with E-state index < -0.39 is 0 Å². The van der Waals surface area contributed by atoms with Gasteiger partial charge in [-0.05, 0) is 26.0 Å². The molecule has 1 aromatic rings. The maximum Gasteiger partial charge on any atom is 0.234 e. The van der Waals surface area contributed by atoms with Crippen molar-refractivity contribution in [2.75, 3.05) is 20.1 Å².